The van der Waals surface area contributed by atoms with Gasteiger partial charge >= 0.3 is 0 Å². The maximum atomic E-state index is 4.22. The summed E-state index contributed by atoms with van der Waals surface area (Å²) in [7, 11) is 4.23. The Morgan fingerprint density at radius 2 is 1.94 bits per heavy atom. The molecule has 0 saturated heterocycles. The van der Waals surface area contributed by atoms with Gasteiger partial charge in [-0.25, -0.2) is 0 Å². The lowest BCUT2D eigenvalue weighted by atomic mass is 9.89. The fraction of sp³-hybridized carbons (Fsp3) is 0.846. The minimum absolute atomic E-state index is 0.892. The van der Waals surface area contributed by atoms with Gasteiger partial charge in [0.05, 0.1) is 6.54 Å². The molecule has 96 valence electrons. The number of aryl methyl sites for hydroxylation is 1. The second kappa shape index (κ2) is 5.63. The van der Waals surface area contributed by atoms with Crippen LogP contribution in [-0.2, 0) is 13.6 Å². The Kier molecular flexibility index (Phi) is 4.15. The van der Waals surface area contributed by atoms with Crippen molar-refractivity contribution in [3.05, 3.63) is 11.6 Å². The quantitative estimate of drug-likeness (QED) is 0.803. The predicted octanol–water partition coefficient (Wildman–Crippen LogP) is 2.14. The number of hydrogen-bond acceptors (Lipinski definition) is 3. The van der Waals surface area contributed by atoms with Crippen LogP contribution in [0.25, 0.3) is 0 Å². The first kappa shape index (κ1) is 12.6. The minimum atomic E-state index is 0.892. The van der Waals surface area contributed by atoms with Crippen LogP contribution in [0.4, 0.5) is 0 Å². The van der Waals surface area contributed by atoms with Gasteiger partial charge in [0.1, 0.15) is 11.6 Å². The van der Waals surface area contributed by atoms with Gasteiger partial charge in [-0.15, -0.1) is 10.2 Å². The second-order valence-electron chi connectivity index (χ2n) is 5.42. The average Bonchev–Trinajstić information content (AvgIpc) is 2.62. The smallest absolute Gasteiger partial charge is 0.146 e. The molecule has 4 nitrogen and oxygen atoms in total. The maximum Gasteiger partial charge on any atom is 0.146 e. The zero-order valence-corrected chi connectivity index (χ0v) is 11.3. The highest BCUT2D eigenvalue weighted by Gasteiger charge is 2.16. The summed E-state index contributed by atoms with van der Waals surface area (Å²) in [6.07, 6.45) is 7.08. The lowest BCUT2D eigenvalue weighted by Crippen LogP contribution is -2.27. The molecule has 1 aliphatic rings. The summed E-state index contributed by atoms with van der Waals surface area (Å²) in [6.45, 7) is 4.11. The summed E-state index contributed by atoms with van der Waals surface area (Å²) < 4.78 is 2.08. The molecule has 1 fully saturated rings. The van der Waals surface area contributed by atoms with Gasteiger partial charge in [0.2, 0.25) is 0 Å². The zero-order valence-electron chi connectivity index (χ0n) is 11.3. The van der Waals surface area contributed by atoms with Crippen molar-refractivity contribution in [2.45, 2.75) is 45.6 Å². The fourth-order valence-electron chi connectivity index (χ4n) is 2.71. The summed E-state index contributed by atoms with van der Waals surface area (Å²) >= 11 is 0. The van der Waals surface area contributed by atoms with Crippen LogP contribution in [-0.4, -0.2) is 33.3 Å². The summed E-state index contributed by atoms with van der Waals surface area (Å²) in [4.78, 5) is 2.39. The first-order valence-corrected chi connectivity index (χ1v) is 6.70. The molecule has 1 saturated carbocycles. The van der Waals surface area contributed by atoms with Gasteiger partial charge in [0, 0.05) is 13.6 Å². The second-order valence-corrected chi connectivity index (χ2v) is 5.42. The van der Waals surface area contributed by atoms with E-state index in [1.54, 1.807) is 0 Å². The van der Waals surface area contributed by atoms with E-state index in [0.29, 0.717) is 0 Å². The molecule has 0 spiro atoms. The number of rotatable bonds is 4. The van der Waals surface area contributed by atoms with E-state index >= 15 is 0 Å². The van der Waals surface area contributed by atoms with Gasteiger partial charge < -0.3 is 4.57 Å². The van der Waals surface area contributed by atoms with Crippen molar-refractivity contribution < 1.29 is 0 Å². The van der Waals surface area contributed by atoms with Gasteiger partial charge in [0.15, 0.2) is 0 Å². The molecule has 1 aromatic rings. The van der Waals surface area contributed by atoms with Gasteiger partial charge in [-0.3, -0.25) is 4.90 Å². The van der Waals surface area contributed by atoms with E-state index in [1.165, 1.54) is 38.6 Å². The molecule has 1 aliphatic carbocycles. The molecule has 1 heterocycles. The standard InChI is InChI=1S/C13H24N4/c1-11-14-15-13(17(11)3)10-16(2)9-12-7-5-4-6-8-12/h12H,4-10H2,1-3H3. The first-order valence-electron chi connectivity index (χ1n) is 6.70. The highest BCUT2D eigenvalue weighted by atomic mass is 15.3. The molecule has 0 amide bonds. The normalized spacial score (nSPS) is 17.9. The van der Waals surface area contributed by atoms with Crippen molar-refractivity contribution in [2.75, 3.05) is 13.6 Å². The lowest BCUT2D eigenvalue weighted by molar-refractivity contribution is 0.223. The highest BCUT2D eigenvalue weighted by Crippen LogP contribution is 2.24. The number of nitrogens with zero attached hydrogens (tertiary/aromatic N) is 4. The number of hydrogen-bond donors (Lipinski definition) is 0. The molecule has 0 unspecified atom stereocenters. The van der Waals surface area contributed by atoms with Crippen LogP contribution in [0.15, 0.2) is 0 Å². The first-order chi connectivity index (χ1) is 8.16. The Bertz CT molecular complexity index is 352. The topological polar surface area (TPSA) is 34.0 Å². The fourth-order valence-corrected chi connectivity index (χ4v) is 2.71. The maximum absolute atomic E-state index is 4.22. The van der Waals surface area contributed by atoms with Gasteiger partial charge in [0.25, 0.3) is 0 Å². The van der Waals surface area contributed by atoms with E-state index in [9.17, 15) is 0 Å². The zero-order chi connectivity index (χ0) is 12.3. The van der Waals surface area contributed by atoms with Crippen molar-refractivity contribution in [3.8, 4) is 0 Å². The van der Waals surface area contributed by atoms with Crippen molar-refractivity contribution in [1.82, 2.24) is 19.7 Å². The van der Waals surface area contributed by atoms with Crippen molar-refractivity contribution in [3.63, 3.8) is 0 Å². The molecule has 1 aromatic heterocycles. The van der Waals surface area contributed by atoms with Gasteiger partial charge in [-0.2, -0.15) is 0 Å². The molecule has 0 bridgehead atoms. The molecule has 17 heavy (non-hydrogen) atoms. The third-order valence-corrected chi connectivity index (χ3v) is 3.89. The van der Waals surface area contributed by atoms with Crippen LogP contribution in [0.3, 0.4) is 0 Å². The number of aromatic nitrogens is 3. The molecule has 2 rings (SSSR count). The van der Waals surface area contributed by atoms with Crippen molar-refractivity contribution in [2.24, 2.45) is 13.0 Å². The van der Waals surface area contributed by atoms with Crippen molar-refractivity contribution in [1.29, 1.82) is 0 Å². The molecule has 0 radical (unpaired) electrons. The van der Waals surface area contributed by atoms with Gasteiger partial charge in [-0.1, -0.05) is 19.3 Å². The van der Waals surface area contributed by atoms with Gasteiger partial charge in [-0.05, 0) is 32.7 Å². The van der Waals surface area contributed by atoms with Crippen molar-refractivity contribution >= 4 is 0 Å². The summed E-state index contributed by atoms with van der Waals surface area (Å²) in [5.41, 5.74) is 0. The van der Waals surface area contributed by atoms with E-state index in [-0.39, 0.29) is 0 Å². The molecular formula is C13H24N4. The van der Waals surface area contributed by atoms with Crippen LogP contribution >= 0.6 is 0 Å². The molecule has 0 atom stereocenters. The Balaban J connectivity index is 1.84. The highest BCUT2D eigenvalue weighted by molar-refractivity contribution is 4.92. The van der Waals surface area contributed by atoms with Crippen LogP contribution in [0.2, 0.25) is 0 Å². The Hall–Kier alpha value is -0.900. The largest absolute Gasteiger partial charge is 0.317 e. The lowest BCUT2D eigenvalue weighted by Gasteiger charge is -2.26. The Labute approximate surface area is 104 Å². The third kappa shape index (κ3) is 3.28. The van der Waals surface area contributed by atoms with Crippen LogP contribution in [0, 0.1) is 12.8 Å². The summed E-state index contributed by atoms with van der Waals surface area (Å²) in [5, 5.41) is 8.32. The molecule has 0 aromatic carbocycles. The molecule has 0 N–H and O–H groups in total. The third-order valence-electron chi connectivity index (χ3n) is 3.89. The van der Waals surface area contributed by atoms with E-state index in [4.69, 9.17) is 0 Å². The molecule has 0 aliphatic heterocycles. The minimum Gasteiger partial charge on any atom is -0.317 e. The monoisotopic (exact) mass is 236 g/mol. The van der Waals surface area contributed by atoms with E-state index < -0.39 is 0 Å². The van der Waals surface area contributed by atoms with Crippen LogP contribution in [0.1, 0.15) is 43.8 Å². The van der Waals surface area contributed by atoms with Crippen LogP contribution < -0.4 is 0 Å². The van der Waals surface area contributed by atoms with E-state index in [2.05, 4.69) is 26.7 Å². The Morgan fingerprint density at radius 1 is 1.24 bits per heavy atom. The Morgan fingerprint density at radius 3 is 2.53 bits per heavy atom. The summed E-state index contributed by atoms with van der Waals surface area (Å²) in [6, 6.07) is 0. The van der Waals surface area contributed by atoms with E-state index in [0.717, 1.165) is 24.1 Å². The predicted molar refractivity (Wildman–Crippen MR) is 68.6 cm³/mol. The average molecular weight is 236 g/mol. The SMILES string of the molecule is Cc1nnc(CN(C)CC2CCCCC2)n1C. The van der Waals surface area contributed by atoms with Crippen LogP contribution in [0.5, 0.6) is 0 Å². The van der Waals surface area contributed by atoms with E-state index in [1.807, 2.05) is 14.0 Å². The summed E-state index contributed by atoms with van der Waals surface area (Å²) in [5.74, 6) is 2.95. The molecular weight excluding hydrogens is 212 g/mol. The molecule has 4 heteroatoms.